The molecule has 0 unspecified atom stereocenters. The Morgan fingerprint density at radius 1 is 1.09 bits per heavy atom. The summed E-state index contributed by atoms with van der Waals surface area (Å²) in [6, 6.07) is 13.3. The number of nitrogens with zero attached hydrogens (tertiary/aromatic N) is 4. The van der Waals surface area contributed by atoms with E-state index < -0.39 is 5.54 Å². The fourth-order valence-electron chi connectivity index (χ4n) is 5.42. The summed E-state index contributed by atoms with van der Waals surface area (Å²) in [4.78, 5) is 8.66. The van der Waals surface area contributed by atoms with Crippen LogP contribution in [0.4, 0.5) is 0 Å². The number of aryl methyl sites for hydroxylation is 3. The van der Waals surface area contributed by atoms with E-state index in [2.05, 4.69) is 71.2 Å². The second-order valence-corrected chi connectivity index (χ2v) is 9.75. The van der Waals surface area contributed by atoms with E-state index in [0.29, 0.717) is 0 Å². The van der Waals surface area contributed by atoms with Crippen LogP contribution in [0.1, 0.15) is 30.5 Å². The van der Waals surface area contributed by atoms with Gasteiger partial charge in [-0.05, 0) is 60.2 Å². The third-order valence-electron chi connectivity index (χ3n) is 7.02. The smallest absolute Gasteiger partial charge is 0.231 e. The van der Waals surface area contributed by atoms with E-state index >= 15 is 0 Å². The van der Waals surface area contributed by atoms with Crippen LogP contribution in [-0.2, 0) is 13.5 Å². The molecule has 0 aliphatic heterocycles. The number of pyridine rings is 3. The van der Waals surface area contributed by atoms with Gasteiger partial charge in [-0.15, -0.1) is 0 Å². The third-order valence-corrected chi connectivity index (χ3v) is 7.02. The van der Waals surface area contributed by atoms with E-state index in [-0.39, 0.29) is 0 Å². The van der Waals surface area contributed by atoms with Crippen molar-refractivity contribution in [3.05, 3.63) is 76.9 Å². The van der Waals surface area contributed by atoms with Crippen molar-refractivity contribution in [1.82, 2.24) is 9.38 Å². The topological polar surface area (TPSA) is 25.5 Å². The molecule has 156 valence electrons. The lowest BCUT2D eigenvalue weighted by atomic mass is 9.92. The van der Waals surface area contributed by atoms with Gasteiger partial charge >= 0.3 is 0 Å². The number of aromatic nitrogens is 3. The molecular formula is C28H25N4+. The van der Waals surface area contributed by atoms with Gasteiger partial charge in [-0.3, -0.25) is 4.98 Å². The minimum Gasteiger partial charge on any atom is -0.311 e. The van der Waals surface area contributed by atoms with E-state index in [1.165, 1.54) is 54.8 Å². The number of rotatable bonds is 2. The minimum absolute atomic E-state index is 0.432. The van der Waals surface area contributed by atoms with Crippen LogP contribution in [0.15, 0.2) is 48.8 Å². The van der Waals surface area contributed by atoms with Crippen LogP contribution in [0, 0.1) is 20.4 Å². The van der Waals surface area contributed by atoms with Crippen molar-refractivity contribution < 1.29 is 4.57 Å². The largest absolute Gasteiger partial charge is 0.311 e. The molecule has 4 aromatic heterocycles. The van der Waals surface area contributed by atoms with Crippen molar-refractivity contribution in [2.24, 2.45) is 7.05 Å². The van der Waals surface area contributed by atoms with Crippen LogP contribution in [0.3, 0.4) is 0 Å². The zero-order chi connectivity index (χ0) is 22.4. The Kier molecular flexibility index (Phi) is 3.67. The molecule has 0 fully saturated rings. The maximum absolute atomic E-state index is 7.61. The Balaban J connectivity index is 1.96. The highest BCUT2D eigenvalue weighted by molar-refractivity contribution is 6.25. The molecule has 0 saturated carbocycles. The Hall–Kier alpha value is -3.71. The first-order valence-electron chi connectivity index (χ1n) is 11.0. The summed E-state index contributed by atoms with van der Waals surface area (Å²) in [6.45, 7) is 16.1. The molecule has 4 heterocycles. The van der Waals surface area contributed by atoms with E-state index in [9.17, 15) is 0 Å². The zero-order valence-corrected chi connectivity index (χ0v) is 19.1. The maximum Gasteiger partial charge on any atom is 0.231 e. The molecular weight excluding hydrogens is 392 g/mol. The van der Waals surface area contributed by atoms with Gasteiger partial charge in [0.25, 0.3) is 0 Å². The quantitative estimate of drug-likeness (QED) is 0.145. The molecule has 0 spiro atoms. The molecule has 0 amide bonds. The Morgan fingerprint density at radius 3 is 2.69 bits per heavy atom. The van der Waals surface area contributed by atoms with Crippen LogP contribution < -0.4 is 4.57 Å². The molecule has 0 radical (unpaired) electrons. The van der Waals surface area contributed by atoms with Gasteiger partial charge in [0.1, 0.15) is 7.05 Å². The van der Waals surface area contributed by atoms with Crippen LogP contribution in [-0.4, -0.2) is 14.9 Å². The molecule has 0 aliphatic carbocycles. The highest BCUT2D eigenvalue weighted by atomic mass is 15.0. The van der Waals surface area contributed by atoms with Crippen LogP contribution in [0.2, 0.25) is 0 Å². The first-order valence-corrected chi connectivity index (χ1v) is 11.0. The van der Waals surface area contributed by atoms with Crippen LogP contribution in [0.5, 0.6) is 0 Å². The number of hydrogen-bond acceptors (Lipinski definition) is 1. The van der Waals surface area contributed by atoms with Gasteiger partial charge in [-0.25, -0.2) is 11.1 Å². The minimum atomic E-state index is -0.432. The van der Waals surface area contributed by atoms with E-state index in [4.69, 9.17) is 11.6 Å². The molecule has 6 aromatic rings. The maximum atomic E-state index is 7.61. The van der Waals surface area contributed by atoms with Crippen molar-refractivity contribution in [2.75, 3.05) is 0 Å². The molecule has 0 aliphatic rings. The standard InChI is InChI=1S/C28H25N4/c1-16-12-20-25-21(8-7-10-30-25)32-22-14-18(15-28(3,4)29-5)13-19-9-11-31(6)27(24(19)22)23(17(16)2)26(20)32/h7-14H,15H2,1-4,6H3/q+1. The Labute approximate surface area is 186 Å². The normalized spacial score (nSPS) is 12.6. The lowest BCUT2D eigenvalue weighted by molar-refractivity contribution is -0.643. The highest BCUT2D eigenvalue weighted by Gasteiger charge is 2.28. The van der Waals surface area contributed by atoms with Crippen molar-refractivity contribution >= 4 is 49.1 Å². The third kappa shape index (κ3) is 2.37. The number of hydrogen-bond donors (Lipinski definition) is 0. The molecule has 0 bridgehead atoms. The zero-order valence-electron chi connectivity index (χ0n) is 19.1. The second-order valence-electron chi connectivity index (χ2n) is 9.75. The van der Waals surface area contributed by atoms with Gasteiger partial charge in [0.05, 0.1) is 39.3 Å². The van der Waals surface area contributed by atoms with Crippen molar-refractivity contribution in [3.8, 4) is 0 Å². The van der Waals surface area contributed by atoms with E-state index in [1.54, 1.807) is 0 Å². The average Bonchev–Trinajstić information content (AvgIpc) is 3.09. The van der Waals surface area contributed by atoms with Crippen LogP contribution in [0.25, 0.3) is 54.0 Å². The Bertz CT molecular complexity index is 1760. The molecule has 0 atom stereocenters. The first-order chi connectivity index (χ1) is 15.3. The van der Waals surface area contributed by atoms with Gasteiger partial charge in [0.15, 0.2) is 6.20 Å². The number of fused-ring (bicyclic) bond motifs is 5. The SMILES string of the molecule is [C-]#[N+]C(C)(C)Cc1cc2cc[n+](C)c3c4c(C)c(C)cc5c6ncccc6n(c(c1)c23)c54. The van der Waals surface area contributed by atoms with Gasteiger partial charge in [0.2, 0.25) is 11.1 Å². The van der Waals surface area contributed by atoms with Gasteiger partial charge in [-0.1, -0.05) is 6.07 Å². The van der Waals surface area contributed by atoms with E-state index in [0.717, 1.165) is 17.5 Å². The second kappa shape index (κ2) is 6.17. The summed E-state index contributed by atoms with van der Waals surface area (Å²) in [5, 5.41) is 4.99. The van der Waals surface area contributed by atoms with Gasteiger partial charge in [0, 0.05) is 31.5 Å². The molecule has 2 aromatic carbocycles. The lowest BCUT2D eigenvalue weighted by Gasteiger charge is -2.16. The molecule has 4 nitrogen and oxygen atoms in total. The predicted octanol–water partition coefficient (Wildman–Crippen LogP) is 6.07. The summed E-state index contributed by atoms with van der Waals surface area (Å²) in [7, 11) is 2.14. The predicted molar refractivity (Wildman–Crippen MR) is 131 cm³/mol. The molecule has 0 saturated heterocycles. The first kappa shape index (κ1) is 19.0. The summed E-state index contributed by atoms with van der Waals surface area (Å²) < 4.78 is 4.66. The molecule has 0 N–H and O–H groups in total. The summed E-state index contributed by atoms with van der Waals surface area (Å²) in [5.41, 5.74) is 9.22. The monoisotopic (exact) mass is 417 g/mol. The molecule has 4 heteroatoms. The highest BCUT2D eigenvalue weighted by Crippen LogP contribution is 2.41. The fourth-order valence-corrected chi connectivity index (χ4v) is 5.42. The van der Waals surface area contributed by atoms with Crippen molar-refractivity contribution in [1.29, 1.82) is 0 Å². The Morgan fingerprint density at radius 2 is 1.91 bits per heavy atom. The summed E-state index contributed by atoms with van der Waals surface area (Å²) in [6.07, 6.45) is 4.77. The molecule has 6 rings (SSSR count). The lowest BCUT2D eigenvalue weighted by Crippen LogP contribution is -2.29. The summed E-state index contributed by atoms with van der Waals surface area (Å²) >= 11 is 0. The molecule has 32 heavy (non-hydrogen) atoms. The fraction of sp³-hybridized carbons (Fsp3) is 0.250. The number of benzene rings is 2. The average molecular weight is 418 g/mol. The van der Waals surface area contributed by atoms with Gasteiger partial charge in [-0.2, -0.15) is 0 Å². The van der Waals surface area contributed by atoms with E-state index in [1.807, 2.05) is 26.1 Å². The van der Waals surface area contributed by atoms with Crippen molar-refractivity contribution in [2.45, 2.75) is 39.7 Å². The van der Waals surface area contributed by atoms with Gasteiger partial charge < -0.3 is 9.25 Å². The summed E-state index contributed by atoms with van der Waals surface area (Å²) in [5.74, 6) is 0. The van der Waals surface area contributed by atoms with Crippen LogP contribution >= 0.6 is 0 Å². The van der Waals surface area contributed by atoms with Crippen molar-refractivity contribution in [3.63, 3.8) is 0 Å².